The topological polar surface area (TPSA) is 46.9 Å². The number of aryl methyl sites for hydroxylation is 1. The van der Waals surface area contributed by atoms with Crippen molar-refractivity contribution in [1.29, 1.82) is 0 Å². The minimum Gasteiger partial charge on any atom is -0.322 e. The molecule has 0 bridgehead atoms. The zero-order chi connectivity index (χ0) is 18.6. The number of nitrogens with zero attached hydrogens (tertiary/aromatic N) is 2. The van der Waals surface area contributed by atoms with E-state index in [9.17, 15) is 4.79 Å². The molecule has 4 aromatic rings. The van der Waals surface area contributed by atoms with Gasteiger partial charge >= 0.3 is 0 Å². The predicted molar refractivity (Wildman–Crippen MR) is 108 cm³/mol. The standard InChI is InChI=1S/C23H19N3O/c1-17-10-8-9-15-21(17)25-23(27)20-16-24-26(19-13-6-3-7-14-19)22(20)18-11-4-2-5-12-18/h2-16H,1H3,(H,25,27). The Morgan fingerprint density at radius 1 is 0.852 bits per heavy atom. The summed E-state index contributed by atoms with van der Waals surface area (Å²) in [6, 6.07) is 27.4. The Morgan fingerprint density at radius 3 is 2.19 bits per heavy atom. The lowest BCUT2D eigenvalue weighted by atomic mass is 10.1. The number of anilines is 1. The third kappa shape index (κ3) is 3.37. The Morgan fingerprint density at radius 2 is 1.48 bits per heavy atom. The van der Waals surface area contributed by atoms with E-state index in [1.807, 2.05) is 96.5 Å². The maximum Gasteiger partial charge on any atom is 0.259 e. The molecular formula is C23H19N3O. The van der Waals surface area contributed by atoms with Gasteiger partial charge in [-0.1, -0.05) is 66.7 Å². The molecule has 132 valence electrons. The van der Waals surface area contributed by atoms with Crippen LogP contribution < -0.4 is 5.32 Å². The summed E-state index contributed by atoms with van der Waals surface area (Å²) in [5.74, 6) is -0.176. The summed E-state index contributed by atoms with van der Waals surface area (Å²) >= 11 is 0. The number of nitrogens with one attached hydrogen (secondary N) is 1. The molecule has 0 saturated carbocycles. The highest BCUT2D eigenvalue weighted by atomic mass is 16.1. The lowest BCUT2D eigenvalue weighted by Crippen LogP contribution is -2.13. The number of rotatable bonds is 4. The third-order valence-corrected chi connectivity index (χ3v) is 4.46. The summed E-state index contributed by atoms with van der Waals surface area (Å²) in [7, 11) is 0. The Hall–Kier alpha value is -3.66. The molecule has 1 N–H and O–H groups in total. The van der Waals surface area contributed by atoms with Crippen molar-refractivity contribution in [3.8, 4) is 16.9 Å². The van der Waals surface area contributed by atoms with Gasteiger partial charge in [0.25, 0.3) is 5.91 Å². The van der Waals surface area contributed by atoms with Crippen LogP contribution in [0.2, 0.25) is 0 Å². The van der Waals surface area contributed by atoms with Gasteiger partial charge in [0.2, 0.25) is 0 Å². The maximum absolute atomic E-state index is 13.0. The fraction of sp³-hybridized carbons (Fsp3) is 0.0435. The fourth-order valence-electron chi connectivity index (χ4n) is 3.06. The Labute approximate surface area is 158 Å². The van der Waals surface area contributed by atoms with Crippen molar-refractivity contribution >= 4 is 11.6 Å². The van der Waals surface area contributed by atoms with Crippen molar-refractivity contribution in [1.82, 2.24) is 9.78 Å². The van der Waals surface area contributed by atoms with Gasteiger partial charge < -0.3 is 5.32 Å². The Bertz CT molecular complexity index is 1070. The lowest BCUT2D eigenvalue weighted by molar-refractivity contribution is 0.102. The van der Waals surface area contributed by atoms with E-state index in [4.69, 9.17) is 0 Å². The Balaban J connectivity index is 1.80. The van der Waals surface area contributed by atoms with E-state index >= 15 is 0 Å². The van der Waals surface area contributed by atoms with E-state index in [1.54, 1.807) is 6.20 Å². The SMILES string of the molecule is Cc1ccccc1NC(=O)c1cnn(-c2ccccc2)c1-c1ccccc1. The van der Waals surface area contributed by atoms with Crippen LogP contribution in [0.1, 0.15) is 15.9 Å². The molecule has 0 radical (unpaired) electrons. The van der Waals surface area contributed by atoms with E-state index in [-0.39, 0.29) is 5.91 Å². The van der Waals surface area contributed by atoms with Gasteiger partial charge in [-0.25, -0.2) is 4.68 Å². The smallest absolute Gasteiger partial charge is 0.259 e. The van der Waals surface area contributed by atoms with Gasteiger partial charge in [0.05, 0.1) is 23.1 Å². The van der Waals surface area contributed by atoms with E-state index in [0.29, 0.717) is 5.56 Å². The zero-order valence-corrected chi connectivity index (χ0v) is 15.0. The molecule has 1 heterocycles. The van der Waals surface area contributed by atoms with Gasteiger partial charge in [0, 0.05) is 11.3 Å². The summed E-state index contributed by atoms with van der Waals surface area (Å²) in [5, 5.41) is 7.51. The summed E-state index contributed by atoms with van der Waals surface area (Å²) in [4.78, 5) is 13.0. The van der Waals surface area contributed by atoms with E-state index in [1.165, 1.54) is 0 Å². The number of carbonyl (C=O) groups is 1. The van der Waals surface area contributed by atoms with Crippen LogP contribution in [0.5, 0.6) is 0 Å². The Kier molecular flexibility index (Phi) is 4.54. The van der Waals surface area contributed by atoms with E-state index in [2.05, 4.69) is 10.4 Å². The van der Waals surface area contributed by atoms with E-state index in [0.717, 1.165) is 28.2 Å². The number of para-hydroxylation sites is 2. The second kappa shape index (κ2) is 7.30. The molecule has 0 unspecified atom stereocenters. The molecule has 4 heteroatoms. The number of amides is 1. The summed E-state index contributed by atoms with van der Waals surface area (Å²) in [6.07, 6.45) is 1.63. The molecule has 0 aliphatic carbocycles. The highest BCUT2D eigenvalue weighted by Gasteiger charge is 2.20. The van der Waals surface area contributed by atoms with Gasteiger partial charge in [-0.2, -0.15) is 5.10 Å². The van der Waals surface area contributed by atoms with Crippen molar-refractivity contribution in [3.63, 3.8) is 0 Å². The molecule has 0 fully saturated rings. The van der Waals surface area contributed by atoms with Crippen LogP contribution >= 0.6 is 0 Å². The molecule has 27 heavy (non-hydrogen) atoms. The zero-order valence-electron chi connectivity index (χ0n) is 15.0. The van der Waals surface area contributed by atoms with E-state index < -0.39 is 0 Å². The largest absolute Gasteiger partial charge is 0.322 e. The van der Waals surface area contributed by atoms with Crippen LogP contribution in [0, 0.1) is 6.92 Å². The average molecular weight is 353 g/mol. The summed E-state index contributed by atoms with van der Waals surface area (Å²) < 4.78 is 1.81. The first-order valence-electron chi connectivity index (χ1n) is 8.80. The van der Waals surface area contributed by atoms with Crippen molar-refractivity contribution in [2.45, 2.75) is 6.92 Å². The van der Waals surface area contributed by atoms with Crippen LogP contribution in [0.4, 0.5) is 5.69 Å². The number of benzene rings is 3. The summed E-state index contributed by atoms with van der Waals surface area (Å²) in [6.45, 7) is 1.97. The minimum absolute atomic E-state index is 0.176. The van der Waals surface area contributed by atoms with Crippen molar-refractivity contribution in [2.24, 2.45) is 0 Å². The number of aromatic nitrogens is 2. The maximum atomic E-state index is 13.0. The van der Waals surface area contributed by atoms with Gasteiger partial charge in [0.15, 0.2) is 0 Å². The third-order valence-electron chi connectivity index (χ3n) is 4.46. The summed E-state index contributed by atoms with van der Waals surface area (Å²) in [5.41, 5.74) is 4.97. The van der Waals surface area contributed by atoms with Crippen LogP contribution in [0.15, 0.2) is 91.1 Å². The van der Waals surface area contributed by atoms with Crippen molar-refractivity contribution in [3.05, 3.63) is 102 Å². The van der Waals surface area contributed by atoms with Crippen molar-refractivity contribution in [2.75, 3.05) is 5.32 Å². The second-order valence-corrected chi connectivity index (χ2v) is 6.29. The number of carbonyl (C=O) groups excluding carboxylic acids is 1. The first-order chi connectivity index (χ1) is 13.2. The lowest BCUT2D eigenvalue weighted by Gasteiger charge is -2.11. The molecule has 0 aliphatic heterocycles. The van der Waals surface area contributed by atoms with Crippen LogP contribution in [-0.2, 0) is 0 Å². The monoisotopic (exact) mass is 353 g/mol. The molecule has 1 amide bonds. The number of hydrogen-bond donors (Lipinski definition) is 1. The van der Waals surface area contributed by atoms with Crippen molar-refractivity contribution < 1.29 is 4.79 Å². The molecular weight excluding hydrogens is 334 g/mol. The minimum atomic E-state index is -0.176. The first kappa shape index (κ1) is 16.8. The van der Waals surface area contributed by atoms with Gasteiger partial charge in [0.1, 0.15) is 0 Å². The molecule has 0 atom stereocenters. The van der Waals surface area contributed by atoms with Crippen LogP contribution in [0.3, 0.4) is 0 Å². The van der Waals surface area contributed by atoms with Gasteiger partial charge in [-0.05, 0) is 30.7 Å². The first-order valence-corrected chi connectivity index (χ1v) is 8.80. The van der Waals surface area contributed by atoms with Gasteiger partial charge in [-0.15, -0.1) is 0 Å². The molecule has 4 rings (SSSR count). The molecule has 0 aliphatic rings. The fourth-order valence-corrected chi connectivity index (χ4v) is 3.06. The molecule has 1 aromatic heterocycles. The quantitative estimate of drug-likeness (QED) is 0.555. The normalized spacial score (nSPS) is 10.6. The van der Waals surface area contributed by atoms with Crippen LogP contribution in [-0.4, -0.2) is 15.7 Å². The highest BCUT2D eigenvalue weighted by Crippen LogP contribution is 2.27. The average Bonchev–Trinajstić information content (AvgIpc) is 3.16. The molecule has 0 saturated heterocycles. The number of hydrogen-bond acceptors (Lipinski definition) is 2. The van der Waals surface area contributed by atoms with Gasteiger partial charge in [-0.3, -0.25) is 4.79 Å². The molecule has 3 aromatic carbocycles. The molecule has 0 spiro atoms. The highest BCUT2D eigenvalue weighted by molar-refractivity contribution is 6.08. The second-order valence-electron chi connectivity index (χ2n) is 6.29. The van der Waals surface area contributed by atoms with Crippen LogP contribution in [0.25, 0.3) is 16.9 Å². The predicted octanol–water partition coefficient (Wildman–Crippen LogP) is 5.10. The molecule has 4 nitrogen and oxygen atoms in total.